The lowest BCUT2D eigenvalue weighted by atomic mass is 10.1. The fourth-order valence-electron chi connectivity index (χ4n) is 2.64. The Hall–Kier alpha value is -1.21. The van der Waals surface area contributed by atoms with Crippen LogP contribution in [-0.4, -0.2) is 36.8 Å². The Bertz CT molecular complexity index is 788. The van der Waals surface area contributed by atoms with E-state index in [9.17, 15) is 16.8 Å². The highest BCUT2D eigenvalue weighted by Gasteiger charge is 2.45. The second kappa shape index (κ2) is 6.27. The van der Waals surface area contributed by atoms with Crippen LogP contribution in [0, 0.1) is 5.92 Å². The SMILES string of the molecule is [N-]=[N+]=C(C1CCCC1)S(=O)(=O)C1C=CC=C(Cl)C1=S(=O)=O. The van der Waals surface area contributed by atoms with Gasteiger partial charge in [0, 0.05) is 0 Å². The van der Waals surface area contributed by atoms with E-state index in [-0.39, 0.29) is 16.0 Å². The zero-order valence-electron chi connectivity index (χ0n) is 10.9. The summed E-state index contributed by atoms with van der Waals surface area (Å²) in [4.78, 5) is 2.54. The molecule has 0 aromatic heterocycles. The Balaban J connectivity index is 2.53. The van der Waals surface area contributed by atoms with Crippen LogP contribution < -0.4 is 0 Å². The van der Waals surface area contributed by atoms with Crippen molar-refractivity contribution in [1.29, 1.82) is 0 Å². The van der Waals surface area contributed by atoms with Crippen molar-refractivity contribution in [3.8, 4) is 0 Å². The Morgan fingerprint density at radius 3 is 2.48 bits per heavy atom. The lowest BCUT2D eigenvalue weighted by Gasteiger charge is -2.15. The molecule has 6 nitrogen and oxygen atoms in total. The van der Waals surface area contributed by atoms with Gasteiger partial charge in [-0.1, -0.05) is 36.6 Å². The van der Waals surface area contributed by atoms with Crippen molar-refractivity contribution < 1.29 is 21.6 Å². The largest absolute Gasteiger partial charge is 0.385 e. The fraction of sp³-hybridized carbons (Fsp3) is 0.500. The highest BCUT2D eigenvalue weighted by molar-refractivity contribution is 8.08. The van der Waals surface area contributed by atoms with E-state index in [1.807, 2.05) is 0 Å². The predicted molar refractivity (Wildman–Crippen MR) is 80.3 cm³/mol. The molecule has 0 aromatic rings. The zero-order chi connectivity index (χ0) is 15.6. The van der Waals surface area contributed by atoms with Crippen LogP contribution in [0.2, 0.25) is 0 Å². The second-order valence-corrected chi connectivity index (χ2v) is 8.22. The van der Waals surface area contributed by atoms with Crippen molar-refractivity contribution in [2.45, 2.75) is 30.9 Å². The van der Waals surface area contributed by atoms with E-state index in [1.165, 1.54) is 18.2 Å². The van der Waals surface area contributed by atoms with E-state index < -0.39 is 30.2 Å². The first-order chi connectivity index (χ1) is 9.89. The van der Waals surface area contributed by atoms with Gasteiger partial charge in [0.2, 0.25) is 10.3 Å². The summed E-state index contributed by atoms with van der Waals surface area (Å²) in [7, 11) is -6.91. The third-order valence-electron chi connectivity index (χ3n) is 3.63. The van der Waals surface area contributed by atoms with E-state index >= 15 is 0 Å². The summed E-state index contributed by atoms with van der Waals surface area (Å²) < 4.78 is 47.9. The van der Waals surface area contributed by atoms with E-state index in [2.05, 4.69) is 4.79 Å². The van der Waals surface area contributed by atoms with Crippen molar-refractivity contribution in [2.24, 2.45) is 5.92 Å². The average molecular weight is 349 g/mol. The molecule has 0 aliphatic heterocycles. The van der Waals surface area contributed by atoms with E-state index in [1.54, 1.807) is 0 Å². The van der Waals surface area contributed by atoms with Crippen LogP contribution in [-0.2, 0) is 20.1 Å². The molecule has 114 valence electrons. The molecular formula is C12H13ClN2O4S2. The molecule has 1 fully saturated rings. The molecule has 21 heavy (non-hydrogen) atoms. The number of allylic oxidation sites excluding steroid dienone is 3. The monoisotopic (exact) mass is 348 g/mol. The van der Waals surface area contributed by atoms with Crippen LogP contribution in [0.25, 0.3) is 5.53 Å². The van der Waals surface area contributed by atoms with Crippen molar-refractivity contribution in [2.75, 3.05) is 0 Å². The first-order valence-electron chi connectivity index (χ1n) is 6.36. The number of rotatable bonds is 2. The summed E-state index contributed by atoms with van der Waals surface area (Å²) in [6.45, 7) is 0. The average Bonchev–Trinajstić information content (AvgIpc) is 2.92. The van der Waals surface area contributed by atoms with Crippen LogP contribution in [0.1, 0.15) is 25.7 Å². The standard InChI is InChI=1S/C12H13ClN2O4S2/c13-9-6-3-7-10(11(9)20(16)17)21(18,19)12(15-14)8-4-1-2-5-8/h3,6-8,10H,1-2,4-5H2. The van der Waals surface area contributed by atoms with Crippen LogP contribution >= 0.6 is 11.6 Å². The van der Waals surface area contributed by atoms with Gasteiger partial charge in [0.05, 0.1) is 11.0 Å². The molecule has 0 saturated heterocycles. The molecule has 2 rings (SSSR count). The van der Waals surface area contributed by atoms with Gasteiger partial charge < -0.3 is 5.53 Å². The normalized spacial score (nSPS) is 22.8. The van der Waals surface area contributed by atoms with Gasteiger partial charge in [-0.05, 0) is 18.9 Å². The Morgan fingerprint density at radius 2 is 1.95 bits per heavy atom. The van der Waals surface area contributed by atoms with Crippen LogP contribution in [0.15, 0.2) is 23.3 Å². The molecule has 1 unspecified atom stereocenters. The summed E-state index contributed by atoms with van der Waals surface area (Å²) in [5.74, 6) is -0.376. The number of nitrogens with zero attached hydrogens (tertiary/aromatic N) is 2. The highest BCUT2D eigenvalue weighted by Crippen LogP contribution is 2.30. The molecule has 0 amide bonds. The number of halogens is 1. The molecule has 2 aliphatic carbocycles. The maximum atomic E-state index is 12.6. The lowest BCUT2D eigenvalue weighted by Crippen LogP contribution is -2.38. The van der Waals surface area contributed by atoms with E-state index in [4.69, 9.17) is 17.1 Å². The quantitative estimate of drug-likeness (QED) is 0.247. The highest BCUT2D eigenvalue weighted by atomic mass is 35.5. The minimum Gasteiger partial charge on any atom is -0.360 e. The molecule has 2 aliphatic rings. The Labute approximate surface area is 129 Å². The van der Waals surface area contributed by atoms with Crippen molar-refractivity contribution in [3.63, 3.8) is 0 Å². The minimum atomic E-state index is -4.13. The molecule has 9 heteroatoms. The van der Waals surface area contributed by atoms with Crippen LogP contribution in [0.4, 0.5) is 0 Å². The maximum Gasteiger partial charge on any atom is 0.385 e. The second-order valence-electron chi connectivity index (χ2n) is 4.88. The van der Waals surface area contributed by atoms with Gasteiger partial charge in [0.25, 0.3) is 9.84 Å². The van der Waals surface area contributed by atoms with Crippen molar-refractivity contribution in [3.05, 3.63) is 28.8 Å². The summed E-state index contributed by atoms with van der Waals surface area (Å²) in [5, 5.41) is -1.95. The minimum absolute atomic E-state index is 0.150. The van der Waals surface area contributed by atoms with Gasteiger partial charge in [0.1, 0.15) is 10.1 Å². The summed E-state index contributed by atoms with van der Waals surface area (Å²) in [6, 6.07) is 0. The summed E-state index contributed by atoms with van der Waals surface area (Å²) in [5.41, 5.74) is 9.12. The molecule has 1 saturated carbocycles. The molecule has 0 aromatic carbocycles. The summed E-state index contributed by atoms with van der Waals surface area (Å²) in [6.07, 6.45) is 6.83. The Kier molecular flexibility index (Phi) is 4.83. The maximum absolute atomic E-state index is 12.6. The van der Waals surface area contributed by atoms with Gasteiger partial charge in [-0.25, -0.2) is 8.42 Å². The van der Waals surface area contributed by atoms with Crippen molar-refractivity contribution in [1.82, 2.24) is 0 Å². The number of sulfone groups is 1. The van der Waals surface area contributed by atoms with Crippen molar-refractivity contribution >= 4 is 41.6 Å². The first-order valence-corrected chi connectivity index (χ1v) is 9.35. The smallest absolute Gasteiger partial charge is 0.360 e. The number of hydrogen-bond donors (Lipinski definition) is 0. The molecule has 0 radical (unpaired) electrons. The van der Waals surface area contributed by atoms with E-state index in [0.29, 0.717) is 12.8 Å². The zero-order valence-corrected chi connectivity index (χ0v) is 13.3. The van der Waals surface area contributed by atoms with Gasteiger partial charge in [-0.3, -0.25) is 0 Å². The molecule has 0 spiro atoms. The van der Waals surface area contributed by atoms with Crippen LogP contribution in [0.3, 0.4) is 0 Å². The van der Waals surface area contributed by atoms with Gasteiger partial charge in [-0.2, -0.15) is 13.2 Å². The van der Waals surface area contributed by atoms with E-state index in [0.717, 1.165) is 12.8 Å². The van der Waals surface area contributed by atoms with Gasteiger partial charge in [-0.15, -0.1) is 0 Å². The molecule has 0 heterocycles. The lowest BCUT2D eigenvalue weighted by molar-refractivity contribution is -0.00736. The molecule has 1 atom stereocenters. The van der Waals surface area contributed by atoms with Crippen LogP contribution in [0.5, 0.6) is 0 Å². The van der Waals surface area contributed by atoms with Gasteiger partial charge in [0.15, 0.2) is 0 Å². The third kappa shape index (κ3) is 3.03. The summed E-state index contributed by atoms with van der Waals surface area (Å²) >= 11 is 5.80. The van der Waals surface area contributed by atoms with Gasteiger partial charge >= 0.3 is 5.04 Å². The third-order valence-corrected chi connectivity index (χ3v) is 7.11. The molecule has 0 N–H and O–H groups in total. The first kappa shape index (κ1) is 16.2. The Morgan fingerprint density at radius 1 is 1.33 bits per heavy atom. The predicted octanol–water partition coefficient (Wildman–Crippen LogP) is 1.33. The fourth-order valence-corrected chi connectivity index (χ4v) is 5.97. The number of hydrogen-bond acceptors (Lipinski definition) is 4. The molecular weight excluding hydrogens is 336 g/mol. The topological polar surface area (TPSA) is 105 Å². The molecule has 0 bridgehead atoms.